The van der Waals surface area contributed by atoms with Crippen molar-refractivity contribution in [2.75, 3.05) is 0 Å². The van der Waals surface area contributed by atoms with Crippen molar-refractivity contribution in [1.82, 2.24) is 15.0 Å². The molecule has 0 unspecified atom stereocenters. The summed E-state index contributed by atoms with van der Waals surface area (Å²) in [7, 11) is 0. The number of benzene rings is 8. The van der Waals surface area contributed by atoms with E-state index < -0.39 is 0 Å². The van der Waals surface area contributed by atoms with Crippen LogP contribution in [0.5, 0.6) is 0 Å². The normalized spacial score (nSPS) is 11.9. The van der Waals surface area contributed by atoms with Crippen molar-refractivity contribution in [1.29, 1.82) is 0 Å². The number of fused-ring (bicyclic) bond motifs is 7. The number of aromatic nitrogens is 3. The summed E-state index contributed by atoms with van der Waals surface area (Å²) in [5, 5.41) is 6.93. The first-order valence-corrected chi connectivity index (χ1v) is 17.2. The van der Waals surface area contributed by atoms with E-state index in [1.54, 1.807) is 0 Å². The minimum Gasteiger partial charge on any atom is -0.456 e. The standard InChI is InChI=1S/C47H27N3O/c1-2-11-30-26-33(25-24-28(30)10-1)46-48-45(49-47(50-46)39-21-9-23-41-44(39)37-16-3-4-22-40(37)51-41)32-15-5-14-31(27-32)34-17-8-19-36-35-18-6-12-29-13-7-20-38(42(29)35)43(34)36/h1-27H. The molecule has 4 nitrogen and oxygen atoms in total. The lowest BCUT2D eigenvalue weighted by atomic mass is 9.92. The molecule has 8 aromatic carbocycles. The summed E-state index contributed by atoms with van der Waals surface area (Å²) in [6, 6.07) is 57.4. The monoisotopic (exact) mass is 649 g/mol. The van der Waals surface area contributed by atoms with E-state index in [1.807, 2.05) is 30.3 Å². The van der Waals surface area contributed by atoms with E-state index in [1.165, 1.54) is 44.0 Å². The molecule has 236 valence electrons. The van der Waals surface area contributed by atoms with Gasteiger partial charge in [0.05, 0.1) is 0 Å². The average molecular weight is 650 g/mol. The predicted molar refractivity (Wildman–Crippen MR) is 208 cm³/mol. The van der Waals surface area contributed by atoms with E-state index in [4.69, 9.17) is 19.4 Å². The molecule has 1 aliphatic carbocycles. The summed E-state index contributed by atoms with van der Waals surface area (Å²) < 4.78 is 6.27. The fourth-order valence-corrected chi connectivity index (χ4v) is 7.95. The Hall–Kier alpha value is -6.91. The number of furan rings is 1. The number of rotatable bonds is 4. The SMILES string of the molecule is c1cc(-c2nc(-c3ccc4ccccc4c3)nc(-c3cccc4oc5ccccc5c34)n2)cc(-c2cccc3c2-c2cccc4cccc-3c24)c1. The van der Waals surface area contributed by atoms with Gasteiger partial charge in [0, 0.05) is 27.5 Å². The van der Waals surface area contributed by atoms with Crippen molar-refractivity contribution in [3.8, 4) is 67.5 Å². The molecule has 0 amide bonds. The summed E-state index contributed by atoms with van der Waals surface area (Å²) in [6.45, 7) is 0. The van der Waals surface area contributed by atoms with Crippen molar-refractivity contribution in [2.24, 2.45) is 0 Å². The third-order valence-corrected chi connectivity index (χ3v) is 10.2. The maximum atomic E-state index is 6.27. The highest BCUT2D eigenvalue weighted by molar-refractivity contribution is 6.18. The van der Waals surface area contributed by atoms with Gasteiger partial charge in [0.25, 0.3) is 0 Å². The van der Waals surface area contributed by atoms with Crippen LogP contribution in [0, 0.1) is 0 Å². The van der Waals surface area contributed by atoms with E-state index in [0.717, 1.165) is 49.6 Å². The van der Waals surface area contributed by atoms with Crippen molar-refractivity contribution >= 4 is 43.5 Å². The molecule has 2 aromatic heterocycles. The lowest BCUT2D eigenvalue weighted by Crippen LogP contribution is -2.00. The molecule has 11 rings (SSSR count). The molecule has 0 saturated carbocycles. The lowest BCUT2D eigenvalue weighted by molar-refractivity contribution is 0.669. The van der Waals surface area contributed by atoms with Gasteiger partial charge in [-0.1, -0.05) is 140 Å². The predicted octanol–water partition coefficient (Wildman–Crippen LogP) is 12.4. The number of hydrogen-bond donors (Lipinski definition) is 0. The van der Waals surface area contributed by atoms with E-state index in [0.29, 0.717) is 17.5 Å². The summed E-state index contributed by atoms with van der Waals surface area (Å²) in [6.07, 6.45) is 0. The van der Waals surface area contributed by atoms with Crippen LogP contribution in [0.4, 0.5) is 0 Å². The Morgan fingerprint density at radius 2 is 0.941 bits per heavy atom. The van der Waals surface area contributed by atoms with Gasteiger partial charge in [-0.2, -0.15) is 0 Å². The van der Waals surface area contributed by atoms with E-state index >= 15 is 0 Å². The second-order valence-electron chi connectivity index (χ2n) is 13.2. The molecule has 0 atom stereocenters. The molecule has 4 heteroatoms. The molecule has 0 spiro atoms. The van der Waals surface area contributed by atoms with Gasteiger partial charge in [-0.05, 0) is 79.2 Å². The molecule has 51 heavy (non-hydrogen) atoms. The molecule has 0 aliphatic heterocycles. The molecule has 0 bridgehead atoms. The summed E-state index contributed by atoms with van der Waals surface area (Å²) in [5.41, 5.74) is 11.8. The van der Waals surface area contributed by atoms with Crippen LogP contribution in [0.25, 0.3) is 111 Å². The highest BCUT2D eigenvalue weighted by Gasteiger charge is 2.24. The zero-order valence-corrected chi connectivity index (χ0v) is 27.3. The van der Waals surface area contributed by atoms with Gasteiger partial charge in [0.1, 0.15) is 11.2 Å². The van der Waals surface area contributed by atoms with Crippen molar-refractivity contribution in [3.05, 3.63) is 164 Å². The Kier molecular flexibility index (Phi) is 5.92. The van der Waals surface area contributed by atoms with E-state index in [2.05, 4.69) is 133 Å². The second-order valence-corrected chi connectivity index (χ2v) is 13.2. The molecule has 0 radical (unpaired) electrons. The Bertz CT molecular complexity index is 3040. The van der Waals surface area contributed by atoms with Gasteiger partial charge >= 0.3 is 0 Å². The molecule has 0 saturated heterocycles. The zero-order chi connectivity index (χ0) is 33.5. The fraction of sp³-hybridized carbons (Fsp3) is 0. The van der Waals surface area contributed by atoms with Crippen molar-refractivity contribution in [3.63, 3.8) is 0 Å². The van der Waals surface area contributed by atoms with Crippen molar-refractivity contribution in [2.45, 2.75) is 0 Å². The average Bonchev–Trinajstić information content (AvgIpc) is 3.75. The lowest BCUT2D eigenvalue weighted by Gasteiger charge is -2.13. The second kappa shape index (κ2) is 10.8. The fourth-order valence-electron chi connectivity index (χ4n) is 7.95. The van der Waals surface area contributed by atoms with Crippen LogP contribution in [0.2, 0.25) is 0 Å². The van der Waals surface area contributed by atoms with Crippen LogP contribution in [-0.4, -0.2) is 15.0 Å². The molecule has 10 aromatic rings. The topological polar surface area (TPSA) is 51.8 Å². The molecule has 1 aliphatic rings. The number of hydrogen-bond acceptors (Lipinski definition) is 4. The van der Waals surface area contributed by atoms with Crippen LogP contribution < -0.4 is 0 Å². The van der Waals surface area contributed by atoms with Crippen LogP contribution in [-0.2, 0) is 0 Å². The van der Waals surface area contributed by atoms with Gasteiger partial charge in [0.2, 0.25) is 0 Å². The number of para-hydroxylation sites is 1. The Balaban J connectivity index is 1.12. The highest BCUT2D eigenvalue weighted by Crippen LogP contribution is 2.51. The van der Waals surface area contributed by atoms with Crippen LogP contribution in [0.15, 0.2) is 168 Å². The number of nitrogens with zero attached hydrogens (tertiary/aromatic N) is 3. The molecule has 0 N–H and O–H groups in total. The zero-order valence-electron chi connectivity index (χ0n) is 27.3. The maximum Gasteiger partial charge on any atom is 0.164 e. The van der Waals surface area contributed by atoms with Crippen LogP contribution in [0.3, 0.4) is 0 Å². The first-order valence-electron chi connectivity index (χ1n) is 17.2. The molecule has 2 heterocycles. The van der Waals surface area contributed by atoms with Crippen LogP contribution in [0.1, 0.15) is 0 Å². The largest absolute Gasteiger partial charge is 0.456 e. The summed E-state index contributed by atoms with van der Waals surface area (Å²) >= 11 is 0. The minimum atomic E-state index is 0.605. The third-order valence-electron chi connectivity index (χ3n) is 10.2. The Morgan fingerprint density at radius 3 is 1.84 bits per heavy atom. The van der Waals surface area contributed by atoms with Gasteiger partial charge in [-0.25, -0.2) is 15.0 Å². The van der Waals surface area contributed by atoms with Crippen LogP contribution >= 0.6 is 0 Å². The Morgan fingerprint density at radius 1 is 0.333 bits per heavy atom. The first kappa shape index (κ1) is 28.0. The maximum absolute atomic E-state index is 6.27. The summed E-state index contributed by atoms with van der Waals surface area (Å²) in [4.78, 5) is 15.5. The third kappa shape index (κ3) is 4.30. The smallest absolute Gasteiger partial charge is 0.164 e. The first-order chi connectivity index (χ1) is 25.3. The van der Waals surface area contributed by atoms with Gasteiger partial charge in [0.15, 0.2) is 17.5 Å². The van der Waals surface area contributed by atoms with Gasteiger partial charge in [-0.15, -0.1) is 0 Å². The van der Waals surface area contributed by atoms with E-state index in [9.17, 15) is 0 Å². The minimum absolute atomic E-state index is 0.605. The summed E-state index contributed by atoms with van der Waals surface area (Å²) in [5.74, 6) is 1.85. The van der Waals surface area contributed by atoms with Crippen molar-refractivity contribution < 1.29 is 4.42 Å². The Labute approximate surface area is 293 Å². The highest BCUT2D eigenvalue weighted by atomic mass is 16.3. The van der Waals surface area contributed by atoms with Gasteiger partial charge in [-0.3, -0.25) is 0 Å². The quantitative estimate of drug-likeness (QED) is 0.190. The molecular weight excluding hydrogens is 623 g/mol. The van der Waals surface area contributed by atoms with Gasteiger partial charge < -0.3 is 4.42 Å². The van der Waals surface area contributed by atoms with E-state index in [-0.39, 0.29) is 0 Å². The molecular formula is C47H27N3O. The molecule has 0 fully saturated rings.